The van der Waals surface area contributed by atoms with Gasteiger partial charge in [-0.15, -0.1) is 11.3 Å². The van der Waals surface area contributed by atoms with Crippen LogP contribution in [-0.2, 0) is 13.5 Å². The molecule has 26 heavy (non-hydrogen) atoms. The molecule has 0 unspecified atom stereocenters. The number of carbonyl (C=O) groups is 1. The van der Waals surface area contributed by atoms with Crippen LogP contribution in [0.3, 0.4) is 0 Å². The topological polar surface area (TPSA) is 46.9 Å². The van der Waals surface area contributed by atoms with Gasteiger partial charge in [0.05, 0.1) is 10.6 Å². The molecule has 0 fully saturated rings. The first-order valence-electron chi connectivity index (χ1n) is 8.48. The number of aromatic nitrogens is 2. The van der Waals surface area contributed by atoms with Crippen LogP contribution in [0.5, 0.6) is 0 Å². The number of anilines is 1. The van der Waals surface area contributed by atoms with Crippen molar-refractivity contribution in [3.8, 4) is 0 Å². The minimum Gasteiger partial charge on any atom is -0.321 e. The number of nitrogens with zero attached hydrogens (tertiary/aromatic N) is 2. The number of benzene rings is 2. The van der Waals surface area contributed by atoms with Crippen molar-refractivity contribution >= 4 is 33.1 Å². The number of carbonyl (C=O) groups excluding carboxylic acids is 1. The van der Waals surface area contributed by atoms with Crippen LogP contribution in [0.2, 0.25) is 0 Å². The fraction of sp³-hybridized carbons (Fsp3) is 0.143. The minimum absolute atomic E-state index is 0.0777. The highest BCUT2D eigenvalue weighted by atomic mass is 32.1. The van der Waals surface area contributed by atoms with Crippen LogP contribution in [0.25, 0.3) is 10.2 Å². The highest BCUT2D eigenvalue weighted by Crippen LogP contribution is 2.29. The van der Waals surface area contributed by atoms with E-state index in [0.29, 0.717) is 4.88 Å². The smallest absolute Gasteiger partial charge is 0.265 e. The molecule has 2 aromatic heterocycles. The number of hydrogen-bond donors (Lipinski definition) is 1. The van der Waals surface area contributed by atoms with Gasteiger partial charge in [0.2, 0.25) is 0 Å². The summed E-state index contributed by atoms with van der Waals surface area (Å²) < 4.78 is 1.83. The Bertz CT molecular complexity index is 1040. The van der Waals surface area contributed by atoms with Gasteiger partial charge >= 0.3 is 0 Å². The average molecular weight is 361 g/mol. The summed E-state index contributed by atoms with van der Waals surface area (Å²) in [5.41, 5.74) is 4.12. The van der Waals surface area contributed by atoms with E-state index >= 15 is 0 Å². The number of para-hydroxylation sites is 1. The molecule has 0 saturated heterocycles. The standard InChI is InChI=1S/C21H19N3OS/c1-14-17-13-19(26-21(17)24(2)23-14)20(25)22-18-11-7-6-10-16(18)12-15-8-4-3-5-9-15/h3-11,13H,12H2,1-2H3,(H,22,25). The molecule has 4 nitrogen and oxygen atoms in total. The molecule has 1 amide bonds. The Morgan fingerprint density at radius 1 is 1.12 bits per heavy atom. The lowest BCUT2D eigenvalue weighted by Gasteiger charge is -2.10. The first-order valence-corrected chi connectivity index (χ1v) is 9.30. The second-order valence-electron chi connectivity index (χ2n) is 6.31. The molecule has 130 valence electrons. The van der Waals surface area contributed by atoms with Crippen LogP contribution in [0.4, 0.5) is 5.69 Å². The lowest BCUT2D eigenvalue weighted by atomic mass is 10.0. The molecular formula is C21H19N3OS. The molecule has 0 radical (unpaired) electrons. The normalized spacial score (nSPS) is 11.0. The van der Waals surface area contributed by atoms with Crippen molar-refractivity contribution in [2.75, 3.05) is 5.32 Å². The van der Waals surface area contributed by atoms with Gasteiger partial charge in [-0.1, -0.05) is 48.5 Å². The number of rotatable bonds is 4. The molecule has 5 heteroatoms. The molecule has 4 aromatic rings. The number of hydrogen-bond acceptors (Lipinski definition) is 3. The fourth-order valence-corrected chi connectivity index (χ4v) is 4.13. The van der Waals surface area contributed by atoms with Crippen LogP contribution in [-0.4, -0.2) is 15.7 Å². The molecule has 0 spiro atoms. The Hall–Kier alpha value is -2.92. The lowest BCUT2D eigenvalue weighted by molar-refractivity contribution is 0.103. The second-order valence-corrected chi connectivity index (χ2v) is 7.34. The lowest BCUT2D eigenvalue weighted by Crippen LogP contribution is -2.12. The third-order valence-corrected chi connectivity index (χ3v) is 5.62. The second kappa shape index (κ2) is 6.77. The van der Waals surface area contributed by atoms with Crippen molar-refractivity contribution in [2.45, 2.75) is 13.3 Å². The van der Waals surface area contributed by atoms with Gasteiger partial charge in [0, 0.05) is 18.1 Å². The summed E-state index contributed by atoms with van der Waals surface area (Å²) in [7, 11) is 1.91. The monoisotopic (exact) mass is 361 g/mol. The summed E-state index contributed by atoms with van der Waals surface area (Å²) in [6.45, 7) is 1.96. The molecule has 0 aliphatic rings. The summed E-state index contributed by atoms with van der Waals surface area (Å²) >= 11 is 1.47. The van der Waals surface area contributed by atoms with E-state index in [2.05, 4.69) is 28.6 Å². The molecule has 0 saturated carbocycles. The molecule has 0 atom stereocenters. The van der Waals surface area contributed by atoms with E-state index < -0.39 is 0 Å². The van der Waals surface area contributed by atoms with Crippen LogP contribution >= 0.6 is 11.3 Å². The zero-order valence-electron chi connectivity index (χ0n) is 14.7. The first kappa shape index (κ1) is 16.5. The van der Waals surface area contributed by atoms with E-state index in [9.17, 15) is 4.79 Å². The number of aryl methyl sites for hydroxylation is 2. The molecule has 0 aliphatic carbocycles. The Labute approximate surface area is 156 Å². The van der Waals surface area contributed by atoms with Gasteiger partial charge in [-0.25, -0.2) is 0 Å². The number of thiophene rings is 1. The molecular weight excluding hydrogens is 342 g/mol. The Morgan fingerprint density at radius 2 is 1.85 bits per heavy atom. The van der Waals surface area contributed by atoms with E-state index in [1.807, 2.05) is 61.1 Å². The van der Waals surface area contributed by atoms with Gasteiger partial charge in [0.1, 0.15) is 4.83 Å². The number of fused-ring (bicyclic) bond motifs is 1. The van der Waals surface area contributed by atoms with Crippen molar-refractivity contribution in [3.05, 3.63) is 82.4 Å². The van der Waals surface area contributed by atoms with Crippen LogP contribution in [0, 0.1) is 6.92 Å². The van der Waals surface area contributed by atoms with Gasteiger partial charge in [0.15, 0.2) is 0 Å². The van der Waals surface area contributed by atoms with Crippen molar-refractivity contribution in [1.82, 2.24) is 9.78 Å². The highest BCUT2D eigenvalue weighted by molar-refractivity contribution is 7.20. The third-order valence-electron chi connectivity index (χ3n) is 4.42. The van der Waals surface area contributed by atoms with Gasteiger partial charge < -0.3 is 5.32 Å². The fourth-order valence-electron chi connectivity index (χ4n) is 3.11. The summed E-state index contributed by atoms with van der Waals surface area (Å²) in [5.74, 6) is -0.0777. The number of amides is 1. The van der Waals surface area contributed by atoms with Gasteiger partial charge in [-0.3, -0.25) is 9.48 Å². The van der Waals surface area contributed by atoms with Crippen LogP contribution < -0.4 is 5.32 Å². The molecule has 0 bridgehead atoms. The van der Waals surface area contributed by atoms with E-state index in [1.54, 1.807) is 0 Å². The van der Waals surface area contributed by atoms with Crippen LogP contribution in [0.15, 0.2) is 60.7 Å². The van der Waals surface area contributed by atoms with Gasteiger partial charge in [-0.2, -0.15) is 5.10 Å². The summed E-state index contributed by atoms with van der Waals surface area (Å²) in [4.78, 5) is 14.5. The maximum absolute atomic E-state index is 12.8. The number of nitrogens with one attached hydrogen (secondary N) is 1. The van der Waals surface area contributed by atoms with Crippen molar-refractivity contribution in [3.63, 3.8) is 0 Å². The average Bonchev–Trinajstić information content (AvgIpc) is 3.19. The van der Waals surface area contributed by atoms with Gasteiger partial charge in [-0.05, 0) is 36.6 Å². The molecule has 2 heterocycles. The summed E-state index contributed by atoms with van der Waals surface area (Å²) in [6.07, 6.45) is 0.784. The molecule has 2 aromatic carbocycles. The van der Waals surface area contributed by atoms with Crippen molar-refractivity contribution < 1.29 is 4.79 Å². The predicted molar refractivity (Wildman–Crippen MR) is 107 cm³/mol. The third kappa shape index (κ3) is 3.13. The predicted octanol–water partition coefficient (Wildman–Crippen LogP) is 4.79. The van der Waals surface area contributed by atoms with E-state index in [0.717, 1.165) is 33.6 Å². The van der Waals surface area contributed by atoms with Crippen molar-refractivity contribution in [1.29, 1.82) is 0 Å². The SMILES string of the molecule is Cc1nn(C)c2sc(C(=O)Nc3ccccc3Cc3ccccc3)cc12. The van der Waals surface area contributed by atoms with E-state index in [4.69, 9.17) is 0 Å². The summed E-state index contributed by atoms with van der Waals surface area (Å²) in [5, 5.41) is 8.51. The molecule has 4 rings (SSSR count). The Balaban J connectivity index is 1.60. The van der Waals surface area contributed by atoms with E-state index in [1.165, 1.54) is 16.9 Å². The quantitative estimate of drug-likeness (QED) is 0.568. The first-order chi connectivity index (χ1) is 12.6. The Kier molecular flexibility index (Phi) is 4.31. The Morgan fingerprint density at radius 3 is 2.62 bits per heavy atom. The molecule has 0 aliphatic heterocycles. The van der Waals surface area contributed by atoms with E-state index in [-0.39, 0.29) is 5.91 Å². The minimum atomic E-state index is -0.0777. The highest BCUT2D eigenvalue weighted by Gasteiger charge is 2.16. The largest absolute Gasteiger partial charge is 0.321 e. The maximum Gasteiger partial charge on any atom is 0.265 e. The van der Waals surface area contributed by atoms with Crippen molar-refractivity contribution in [2.24, 2.45) is 7.05 Å². The van der Waals surface area contributed by atoms with Gasteiger partial charge in [0.25, 0.3) is 5.91 Å². The zero-order valence-corrected chi connectivity index (χ0v) is 15.5. The molecule has 1 N–H and O–H groups in total. The maximum atomic E-state index is 12.8. The van der Waals surface area contributed by atoms with Crippen LogP contribution in [0.1, 0.15) is 26.5 Å². The summed E-state index contributed by atoms with van der Waals surface area (Å²) in [6, 6.07) is 20.2. The zero-order chi connectivity index (χ0) is 18.1.